The molecule has 0 aromatic heterocycles. The fourth-order valence-corrected chi connectivity index (χ4v) is 1.45. The van der Waals surface area contributed by atoms with Crippen molar-refractivity contribution in [2.75, 3.05) is 6.54 Å². The standard InChI is InChI=1S/C10H18FNO2/c1-7-4-5-8(14-7)6-12-9(13)10(2,3)11/h7-8H,4-6H2,1-3H3,(H,12,13). The van der Waals surface area contributed by atoms with E-state index in [9.17, 15) is 9.18 Å². The third kappa shape index (κ3) is 3.25. The van der Waals surface area contributed by atoms with Gasteiger partial charge < -0.3 is 10.1 Å². The number of nitrogens with one attached hydrogen (secondary N) is 1. The summed E-state index contributed by atoms with van der Waals surface area (Å²) >= 11 is 0. The molecule has 1 aliphatic rings. The Morgan fingerprint density at radius 2 is 2.21 bits per heavy atom. The molecule has 1 amide bonds. The Morgan fingerprint density at radius 3 is 2.64 bits per heavy atom. The zero-order valence-corrected chi connectivity index (χ0v) is 8.97. The van der Waals surface area contributed by atoms with Crippen molar-refractivity contribution < 1.29 is 13.9 Å². The van der Waals surface area contributed by atoms with Gasteiger partial charge in [0.15, 0.2) is 5.67 Å². The molecular weight excluding hydrogens is 185 g/mol. The molecule has 0 saturated carbocycles. The molecule has 0 aromatic carbocycles. The lowest BCUT2D eigenvalue weighted by Crippen LogP contribution is -2.42. The minimum Gasteiger partial charge on any atom is -0.373 e. The highest BCUT2D eigenvalue weighted by atomic mass is 19.1. The quantitative estimate of drug-likeness (QED) is 0.753. The summed E-state index contributed by atoms with van der Waals surface area (Å²) in [5.41, 5.74) is -1.80. The van der Waals surface area contributed by atoms with Gasteiger partial charge in [-0.25, -0.2) is 4.39 Å². The van der Waals surface area contributed by atoms with Gasteiger partial charge in [0.2, 0.25) is 0 Å². The molecule has 3 nitrogen and oxygen atoms in total. The van der Waals surface area contributed by atoms with E-state index in [0.717, 1.165) is 12.8 Å². The van der Waals surface area contributed by atoms with Gasteiger partial charge in [-0.15, -0.1) is 0 Å². The van der Waals surface area contributed by atoms with Crippen molar-refractivity contribution in [2.45, 2.75) is 51.5 Å². The summed E-state index contributed by atoms with van der Waals surface area (Å²) < 4.78 is 18.6. The molecular formula is C10H18FNO2. The maximum absolute atomic E-state index is 13.1. The summed E-state index contributed by atoms with van der Waals surface area (Å²) in [6, 6.07) is 0. The molecule has 0 aromatic rings. The van der Waals surface area contributed by atoms with Gasteiger partial charge in [-0.05, 0) is 33.6 Å². The van der Waals surface area contributed by atoms with Crippen LogP contribution in [0.3, 0.4) is 0 Å². The monoisotopic (exact) mass is 203 g/mol. The number of rotatable bonds is 3. The number of carbonyl (C=O) groups excluding carboxylic acids is 1. The molecule has 1 rings (SSSR count). The van der Waals surface area contributed by atoms with Crippen LogP contribution in [0.15, 0.2) is 0 Å². The molecule has 2 atom stereocenters. The molecule has 4 heteroatoms. The first kappa shape index (κ1) is 11.4. The maximum atomic E-state index is 13.1. The van der Waals surface area contributed by atoms with Gasteiger partial charge in [0, 0.05) is 6.54 Å². The van der Waals surface area contributed by atoms with Gasteiger partial charge in [-0.2, -0.15) is 0 Å². The summed E-state index contributed by atoms with van der Waals surface area (Å²) in [4.78, 5) is 11.2. The van der Waals surface area contributed by atoms with Crippen LogP contribution >= 0.6 is 0 Å². The second kappa shape index (κ2) is 4.26. The predicted octanol–water partition coefficient (Wildman–Crippen LogP) is 1.42. The molecule has 1 saturated heterocycles. The van der Waals surface area contributed by atoms with E-state index in [-0.39, 0.29) is 12.2 Å². The Bertz CT molecular complexity index is 213. The van der Waals surface area contributed by atoms with E-state index < -0.39 is 11.6 Å². The highest BCUT2D eigenvalue weighted by Gasteiger charge is 2.28. The SMILES string of the molecule is CC1CCC(CNC(=O)C(C)(C)F)O1. The molecule has 1 fully saturated rings. The van der Waals surface area contributed by atoms with E-state index in [4.69, 9.17) is 4.74 Å². The molecule has 1 N–H and O–H groups in total. The lowest BCUT2D eigenvalue weighted by molar-refractivity contribution is -0.131. The Labute approximate surface area is 84.0 Å². The molecule has 0 bridgehead atoms. The summed E-state index contributed by atoms with van der Waals surface area (Å²) in [5.74, 6) is -0.569. The lowest BCUT2D eigenvalue weighted by Gasteiger charge is -2.16. The van der Waals surface area contributed by atoms with E-state index in [1.807, 2.05) is 6.92 Å². The first-order valence-electron chi connectivity index (χ1n) is 5.02. The van der Waals surface area contributed by atoms with Gasteiger partial charge in [-0.3, -0.25) is 4.79 Å². The van der Waals surface area contributed by atoms with Crippen molar-refractivity contribution in [3.05, 3.63) is 0 Å². The van der Waals surface area contributed by atoms with Gasteiger partial charge in [-0.1, -0.05) is 0 Å². The Hall–Kier alpha value is -0.640. The van der Waals surface area contributed by atoms with Crippen LogP contribution in [0.1, 0.15) is 33.6 Å². The van der Waals surface area contributed by atoms with Crippen molar-refractivity contribution >= 4 is 5.91 Å². The van der Waals surface area contributed by atoms with E-state index in [0.29, 0.717) is 6.54 Å². The van der Waals surface area contributed by atoms with E-state index in [1.54, 1.807) is 0 Å². The number of carbonyl (C=O) groups is 1. The van der Waals surface area contributed by atoms with Crippen LogP contribution < -0.4 is 5.32 Å². The van der Waals surface area contributed by atoms with Gasteiger partial charge in [0.1, 0.15) is 0 Å². The maximum Gasteiger partial charge on any atom is 0.257 e. The molecule has 0 radical (unpaired) electrons. The van der Waals surface area contributed by atoms with Crippen molar-refractivity contribution in [3.63, 3.8) is 0 Å². The highest BCUT2D eigenvalue weighted by Crippen LogP contribution is 2.18. The second-order valence-corrected chi connectivity index (χ2v) is 4.33. The van der Waals surface area contributed by atoms with Gasteiger partial charge in [0.25, 0.3) is 5.91 Å². The number of amides is 1. The van der Waals surface area contributed by atoms with E-state index >= 15 is 0 Å². The molecule has 1 heterocycles. The third-order valence-corrected chi connectivity index (χ3v) is 2.35. The Balaban J connectivity index is 2.24. The van der Waals surface area contributed by atoms with Gasteiger partial charge in [0.05, 0.1) is 12.2 Å². The number of alkyl halides is 1. The average Bonchev–Trinajstić information content (AvgIpc) is 2.45. The molecule has 0 spiro atoms. The number of hydrogen-bond donors (Lipinski definition) is 1. The van der Waals surface area contributed by atoms with Gasteiger partial charge >= 0.3 is 0 Å². The molecule has 0 aliphatic carbocycles. The zero-order valence-electron chi connectivity index (χ0n) is 8.97. The van der Waals surface area contributed by atoms with Crippen molar-refractivity contribution in [3.8, 4) is 0 Å². The van der Waals surface area contributed by atoms with E-state index in [2.05, 4.69) is 5.32 Å². The van der Waals surface area contributed by atoms with Crippen LogP contribution in [0.4, 0.5) is 4.39 Å². The van der Waals surface area contributed by atoms with Crippen LogP contribution in [0.2, 0.25) is 0 Å². The van der Waals surface area contributed by atoms with Crippen molar-refractivity contribution in [2.24, 2.45) is 0 Å². The largest absolute Gasteiger partial charge is 0.373 e. The van der Waals surface area contributed by atoms with Crippen LogP contribution in [-0.4, -0.2) is 30.3 Å². The topological polar surface area (TPSA) is 38.3 Å². The highest BCUT2D eigenvalue weighted by molar-refractivity contribution is 5.84. The number of hydrogen-bond acceptors (Lipinski definition) is 2. The minimum atomic E-state index is -1.80. The summed E-state index contributed by atoms with van der Waals surface area (Å²) in [7, 11) is 0. The minimum absolute atomic E-state index is 0.0521. The number of ether oxygens (including phenoxy) is 1. The summed E-state index contributed by atoms with van der Waals surface area (Å²) in [6.07, 6.45) is 2.26. The summed E-state index contributed by atoms with van der Waals surface area (Å²) in [6.45, 7) is 4.92. The molecule has 82 valence electrons. The fraction of sp³-hybridized carbons (Fsp3) is 0.900. The number of halogens is 1. The molecule has 2 unspecified atom stereocenters. The van der Waals surface area contributed by atoms with Crippen LogP contribution in [0.25, 0.3) is 0 Å². The first-order chi connectivity index (χ1) is 6.39. The zero-order chi connectivity index (χ0) is 10.8. The van der Waals surface area contributed by atoms with Crippen molar-refractivity contribution in [1.29, 1.82) is 0 Å². The van der Waals surface area contributed by atoms with Crippen molar-refractivity contribution in [1.82, 2.24) is 5.32 Å². The first-order valence-corrected chi connectivity index (χ1v) is 5.02. The average molecular weight is 203 g/mol. The third-order valence-electron chi connectivity index (χ3n) is 2.35. The Morgan fingerprint density at radius 1 is 1.57 bits per heavy atom. The van der Waals surface area contributed by atoms with Crippen LogP contribution in [-0.2, 0) is 9.53 Å². The smallest absolute Gasteiger partial charge is 0.257 e. The molecule has 14 heavy (non-hydrogen) atoms. The van der Waals surface area contributed by atoms with E-state index in [1.165, 1.54) is 13.8 Å². The Kier molecular flexibility index (Phi) is 3.48. The lowest BCUT2D eigenvalue weighted by atomic mass is 10.1. The predicted molar refractivity (Wildman–Crippen MR) is 51.8 cm³/mol. The normalized spacial score (nSPS) is 27.7. The summed E-state index contributed by atoms with van der Waals surface area (Å²) in [5, 5.41) is 2.55. The van der Waals surface area contributed by atoms with Crippen LogP contribution in [0, 0.1) is 0 Å². The molecule has 1 aliphatic heterocycles. The second-order valence-electron chi connectivity index (χ2n) is 4.33. The van der Waals surface area contributed by atoms with Crippen LogP contribution in [0.5, 0.6) is 0 Å². The fourth-order valence-electron chi connectivity index (χ4n) is 1.45.